The van der Waals surface area contributed by atoms with Gasteiger partial charge in [-0.3, -0.25) is 0 Å². The predicted octanol–water partition coefficient (Wildman–Crippen LogP) is 0.968. The second-order valence-electron chi connectivity index (χ2n) is 3.63. The summed E-state index contributed by atoms with van der Waals surface area (Å²) in [6.07, 6.45) is 2.47. The molecule has 5 heteroatoms. The second kappa shape index (κ2) is 4.31. The van der Waals surface area contributed by atoms with Gasteiger partial charge in [-0.15, -0.1) is 0 Å². The molecule has 0 unspecified atom stereocenters. The van der Waals surface area contributed by atoms with E-state index in [9.17, 15) is 0 Å². The molecule has 1 aromatic heterocycles. The molecule has 2 heterocycles. The first kappa shape index (κ1) is 9.98. The van der Waals surface area contributed by atoms with E-state index in [-0.39, 0.29) is 0 Å². The van der Waals surface area contributed by atoms with E-state index in [2.05, 4.69) is 15.4 Å². The van der Waals surface area contributed by atoms with E-state index in [1.807, 2.05) is 30.4 Å². The molecule has 0 bridgehead atoms. The lowest BCUT2D eigenvalue weighted by molar-refractivity contribution is 0.529. The van der Waals surface area contributed by atoms with Crippen LogP contribution in [0, 0.1) is 6.92 Å². The van der Waals surface area contributed by atoms with Gasteiger partial charge in [0.05, 0.1) is 0 Å². The van der Waals surface area contributed by atoms with Crippen LogP contribution in [-0.4, -0.2) is 33.1 Å². The zero-order valence-electron chi connectivity index (χ0n) is 8.66. The topological polar surface area (TPSA) is 42.7 Å². The zero-order valence-corrected chi connectivity index (χ0v) is 9.47. The van der Waals surface area contributed by atoms with Crippen molar-refractivity contribution < 1.29 is 0 Å². The lowest BCUT2D eigenvalue weighted by atomic mass is 10.2. The summed E-state index contributed by atoms with van der Waals surface area (Å²) < 4.78 is 1.88. The number of hydrogen-bond acceptors (Lipinski definition) is 4. The average Bonchev–Trinajstić information content (AvgIpc) is 2.47. The van der Waals surface area contributed by atoms with Gasteiger partial charge in [0.1, 0.15) is 5.82 Å². The summed E-state index contributed by atoms with van der Waals surface area (Å²) in [7, 11) is 1.96. The zero-order chi connectivity index (χ0) is 9.97. The first-order valence-electron chi connectivity index (χ1n) is 5.01. The van der Waals surface area contributed by atoms with Crippen molar-refractivity contribution in [1.82, 2.24) is 20.1 Å². The minimum Gasteiger partial charge on any atom is -0.317 e. The minimum atomic E-state index is 0.707. The van der Waals surface area contributed by atoms with Gasteiger partial charge in [-0.25, -0.2) is 9.67 Å². The number of aromatic nitrogens is 3. The molecule has 0 aliphatic carbocycles. The van der Waals surface area contributed by atoms with Crippen molar-refractivity contribution in [2.24, 2.45) is 7.05 Å². The van der Waals surface area contributed by atoms with Crippen LogP contribution in [0.3, 0.4) is 0 Å². The molecule has 78 valence electrons. The van der Waals surface area contributed by atoms with Crippen LogP contribution in [0.1, 0.15) is 18.7 Å². The van der Waals surface area contributed by atoms with Crippen molar-refractivity contribution in [3.05, 3.63) is 5.82 Å². The third kappa shape index (κ3) is 2.27. The summed E-state index contributed by atoms with van der Waals surface area (Å²) in [6.45, 7) is 4.20. The summed E-state index contributed by atoms with van der Waals surface area (Å²) in [5, 5.41) is 9.37. The Bertz CT molecular complexity index is 304. The summed E-state index contributed by atoms with van der Waals surface area (Å²) in [5.74, 6) is 0.865. The molecule has 1 aliphatic heterocycles. The highest BCUT2D eigenvalue weighted by Gasteiger charge is 2.16. The molecule has 1 N–H and O–H groups in total. The molecule has 0 amide bonds. The van der Waals surface area contributed by atoms with Crippen LogP contribution in [0.5, 0.6) is 0 Å². The Morgan fingerprint density at radius 1 is 1.43 bits per heavy atom. The van der Waals surface area contributed by atoms with E-state index in [1.165, 1.54) is 12.8 Å². The van der Waals surface area contributed by atoms with Crippen LogP contribution in [-0.2, 0) is 7.05 Å². The van der Waals surface area contributed by atoms with Crippen molar-refractivity contribution in [2.75, 3.05) is 13.1 Å². The Kier molecular flexibility index (Phi) is 3.08. The molecule has 0 aromatic carbocycles. The Balaban J connectivity index is 1.98. The van der Waals surface area contributed by atoms with E-state index in [0.717, 1.165) is 24.1 Å². The maximum absolute atomic E-state index is 4.40. The number of nitrogens with one attached hydrogen (secondary N) is 1. The molecule has 0 saturated carbocycles. The van der Waals surface area contributed by atoms with Crippen molar-refractivity contribution in [1.29, 1.82) is 0 Å². The van der Waals surface area contributed by atoms with Crippen molar-refractivity contribution in [3.63, 3.8) is 0 Å². The highest BCUT2D eigenvalue weighted by molar-refractivity contribution is 7.99. The van der Waals surface area contributed by atoms with E-state index < -0.39 is 0 Å². The van der Waals surface area contributed by atoms with Crippen molar-refractivity contribution in [3.8, 4) is 0 Å². The molecule has 2 rings (SSSR count). The molecule has 0 atom stereocenters. The fraction of sp³-hybridized carbons (Fsp3) is 0.778. The molecule has 14 heavy (non-hydrogen) atoms. The van der Waals surface area contributed by atoms with E-state index in [4.69, 9.17) is 0 Å². The number of aryl methyl sites for hydroxylation is 2. The third-order valence-electron chi connectivity index (χ3n) is 2.39. The van der Waals surface area contributed by atoms with Gasteiger partial charge in [0, 0.05) is 12.3 Å². The highest BCUT2D eigenvalue weighted by Crippen LogP contribution is 2.26. The minimum absolute atomic E-state index is 0.707. The van der Waals surface area contributed by atoms with Crippen molar-refractivity contribution in [2.45, 2.75) is 30.2 Å². The predicted molar refractivity (Wildman–Crippen MR) is 57.5 cm³/mol. The lowest BCUT2D eigenvalue weighted by Gasteiger charge is -2.21. The molecule has 0 radical (unpaired) electrons. The first-order valence-corrected chi connectivity index (χ1v) is 5.88. The quantitative estimate of drug-likeness (QED) is 0.793. The average molecular weight is 212 g/mol. The molecule has 1 aromatic rings. The van der Waals surface area contributed by atoms with Crippen molar-refractivity contribution >= 4 is 11.8 Å². The number of rotatable bonds is 2. The number of hydrogen-bond donors (Lipinski definition) is 1. The molecular weight excluding hydrogens is 196 g/mol. The fourth-order valence-corrected chi connectivity index (χ4v) is 2.81. The van der Waals surface area contributed by atoms with Crippen LogP contribution in [0.15, 0.2) is 5.16 Å². The summed E-state index contributed by atoms with van der Waals surface area (Å²) in [6, 6.07) is 0. The standard InChI is InChI=1S/C9H16N4S/c1-7-11-9(13(2)12-7)14-8-3-5-10-6-4-8/h8,10H,3-6H2,1-2H3. The molecule has 4 nitrogen and oxygen atoms in total. The highest BCUT2D eigenvalue weighted by atomic mass is 32.2. The molecule has 1 saturated heterocycles. The molecule has 1 aliphatic rings. The number of piperidine rings is 1. The normalized spacial score (nSPS) is 18.7. The Morgan fingerprint density at radius 3 is 2.71 bits per heavy atom. The van der Waals surface area contributed by atoms with Gasteiger partial charge in [0.15, 0.2) is 5.16 Å². The van der Waals surface area contributed by atoms with Gasteiger partial charge >= 0.3 is 0 Å². The monoisotopic (exact) mass is 212 g/mol. The summed E-state index contributed by atoms with van der Waals surface area (Å²) in [4.78, 5) is 4.40. The third-order valence-corrected chi connectivity index (χ3v) is 3.76. The second-order valence-corrected chi connectivity index (χ2v) is 4.90. The van der Waals surface area contributed by atoms with Crippen LogP contribution in [0.4, 0.5) is 0 Å². The summed E-state index contributed by atoms with van der Waals surface area (Å²) in [5.41, 5.74) is 0. The smallest absolute Gasteiger partial charge is 0.186 e. The lowest BCUT2D eigenvalue weighted by Crippen LogP contribution is -2.29. The van der Waals surface area contributed by atoms with Gasteiger partial charge in [0.2, 0.25) is 0 Å². The van der Waals surface area contributed by atoms with E-state index in [1.54, 1.807) is 0 Å². The van der Waals surface area contributed by atoms with E-state index >= 15 is 0 Å². The molecular formula is C9H16N4S. The van der Waals surface area contributed by atoms with Gasteiger partial charge in [-0.1, -0.05) is 11.8 Å². The Morgan fingerprint density at radius 2 is 2.14 bits per heavy atom. The Labute approximate surface area is 88.5 Å². The van der Waals surface area contributed by atoms with Gasteiger partial charge < -0.3 is 5.32 Å². The van der Waals surface area contributed by atoms with E-state index in [0.29, 0.717) is 5.25 Å². The van der Waals surface area contributed by atoms with Crippen LogP contribution >= 0.6 is 11.8 Å². The molecule has 0 spiro atoms. The fourth-order valence-electron chi connectivity index (χ4n) is 1.66. The maximum atomic E-state index is 4.40. The first-order chi connectivity index (χ1) is 6.75. The van der Waals surface area contributed by atoms with Gasteiger partial charge in [0.25, 0.3) is 0 Å². The van der Waals surface area contributed by atoms with Crippen LogP contribution in [0.25, 0.3) is 0 Å². The van der Waals surface area contributed by atoms with Crippen LogP contribution in [0.2, 0.25) is 0 Å². The van der Waals surface area contributed by atoms with Gasteiger partial charge in [-0.05, 0) is 32.9 Å². The SMILES string of the molecule is Cc1nc(SC2CCNCC2)n(C)n1. The Hall–Kier alpha value is -0.550. The largest absolute Gasteiger partial charge is 0.317 e. The summed E-state index contributed by atoms with van der Waals surface area (Å²) >= 11 is 1.86. The van der Waals surface area contributed by atoms with Gasteiger partial charge in [-0.2, -0.15) is 5.10 Å². The van der Waals surface area contributed by atoms with Crippen LogP contribution < -0.4 is 5.32 Å². The maximum Gasteiger partial charge on any atom is 0.186 e. The molecule has 1 fully saturated rings. The number of thioether (sulfide) groups is 1. The number of nitrogens with zero attached hydrogens (tertiary/aromatic N) is 3.